The zero-order chi connectivity index (χ0) is 28.3. The second-order valence-electron chi connectivity index (χ2n) is 12.8. The molecule has 0 saturated heterocycles. The molecule has 0 saturated carbocycles. The molecular weight excluding hydrogens is 468 g/mol. The molecule has 39 heavy (non-hydrogen) atoms. The summed E-state index contributed by atoms with van der Waals surface area (Å²) in [6.07, 6.45) is 0. The van der Waals surface area contributed by atoms with Gasteiger partial charge in [-0.15, -0.1) is 0 Å². The van der Waals surface area contributed by atoms with Gasteiger partial charge in [0.1, 0.15) is 0 Å². The van der Waals surface area contributed by atoms with E-state index in [1.165, 1.54) is 66.8 Å². The standard InChI is InChI=1S/C39H44/c1-25-27(3)35(37(7,8)29(25)5)33-23-17-18-24-34(33)39(31-19-13-11-14-20-31,32-21-15-12-16-22-32)36-28(4)26(2)30(6)38(36,9)10/h11-24H,1-10H3. The van der Waals surface area contributed by atoms with Crippen molar-refractivity contribution in [3.05, 3.63) is 146 Å². The van der Waals surface area contributed by atoms with Gasteiger partial charge in [-0.2, -0.15) is 0 Å². The Morgan fingerprint density at radius 3 is 1.33 bits per heavy atom. The van der Waals surface area contributed by atoms with Gasteiger partial charge in [0.05, 0.1) is 5.41 Å². The van der Waals surface area contributed by atoms with E-state index in [2.05, 4.69) is 154 Å². The van der Waals surface area contributed by atoms with Crippen molar-refractivity contribution in [2.75, 3.05) is 0 Å². The van der Waals surface area contributed by atoms with Crippen LogP contribution in [0.4, 0.5) is 0 Å². The summed E-state index contributed by atoms with van der Waals surface area (Å²) in [5, 5.41) is 0. The molecule has 0 amide bonds. The molecule has 3 aromatic rings. The normalized spacial score (nSPS) is 19.0. The smallest absolute Gasteiger partial charge is 0.0622 e. The largest absolute Gasteiger partial charge is 0.0681 e. The van der Waals surface area contributed by atoms with Gasteiger partial charge in [0, 0.05) is 10.8 Å². The third-order valence-electron chi connectivity index (χ3n) is 10.5. The van der Waals surface area contributed by atoms with E-state index in [-0.39, 0.29) is 10.8 Å². The van der Waals surface area contributed by atoms with E-state index in [9.17, 15) is 0 Å². The van der Waals surface area contributed by atoms with Crippen LogP contribution in [0.25, 0.3) is 5.57 Å². The number of allylic oxidation sites excluding steroid dienone is 8. The van der Waals surface area contributed by atoms with Crippen LogP contribution < -0.4 is 0 Å². The van der Waals surface area contributed by atoms with E-state index in [1.807, 2.05) is 0 Å². The molecule has 0 radical (unpaired) electrons. The van der Waals surface area contributed by atoms with E-state index in [0.29, 0.717) is 0 Å². The highest BCUT2D eigenvalue weighted by Gasteiger charge is 2.51. The van der Waals surface area contributed by atoms with Crippen molar-refractivity contribution in [1.82, 2.24) is 0 Å². The molecule has 5 rings (SSSR count). The van der Waals surface area contributed by atoms with Crippen LogP contribution in [0.1, 0.15) is 91.5 Å². The van der Waals surface area contributed by atoms with Crippen LogP contribution >= 0.6 is 0 Å². The molecule has 2 aliphatic rings. The number of rotatable bonds is 5. The summed E-state index contributed by atoms with van der Waals surface area (Å²) in [5.41, 5.74) is 16.4. The maximum absolute atomic E-state index is 2.43. The minimum Gasteiger partial charge on any atom is -0.0622 e. The summed E-state index contributed by atoms with van der Waals surface area (Å²) >= 11 is 0. The summed E-state index contributed by atoms with van der Waals surface area (Å²) in [6.45, 7) is 23.6. The summed E-state index contributed by atoms with van der Waals surface area (Å²) in [6, 6.07) is 31.8. The SMILES string of the molecule is CC1=C(C)C(C)(C)C(c2ccccc2C(C2=C(C)C(C)=C(C)C2(C)C)(c2ccccc2)c2ccccc2)=C1C. The Labute approximate surface area is 236 Å². The van der Waals surface area contributed by atoms with E-state index in [4.69, 9.17) is 0 Å². The fourth-order valence-corrected chi connectivity index (χ4v) is 7.78. The first kappa shape index (κ1) is 27.2. The number of hydrogen-bond donors (Lipinski definition) is 0. The number of benzene rings is 3. The topological polar surface area (TPSA) is 0 Å². The Bertz CT molecular complexity index is 1520. The van der Waals surface area contributed by atoms with Crippen LogP contribution in [0.2, 0.25) is 0 Å². The van der Waals surface area contributed by atoms with Crippen molar-refractivity contribution in [1.29, 1.82) is 0 Å². The van der Waals surface area contributed by atoms with Crippen LogP contribution in [0.5, 0.6) is 0 Å². The van der Waals surface area contributed by atoms with Crippen LogP contribution in [-0.2, 0) is 5.41 Å². The Balaban J connectivity index is 2.01. The molecule has 200 valence electrons. The summed E-state index contributed by atoms with van der Waals surface area (Å²) in [4.78, 5) is 0. The van der Waals surface area contributed by atoms with Gasteiger partial charge >= 0.3 is 0 Å². The molecule has 0 fully saturated rings. The second-order valence-corrected chi connectivity index (χ2v) is 12.8. The van der Waals surface area contributed by atoms with Gasteiger partial charge < -0.3 is 0 Å². The molecular formula is C39H44. The molecule has 0 heteroatoms. The molecule has 0 unspecified atom stereocenters. The maximum atomic E-state index is 2.43. The first-order valence-corrected chi connectivity index (χ1v) is 14.4. The molecule has 0 spiro atoms. The Morgan fingerprint density at radius 1 is 0.462 bits per heavy atom. The molecule has 3 aromatic carbocycles. The molecule has 0 aromatic heterocycles. The van der Waals surface area contributed by atoms with E-state index in [1.54, 1.807) is 0 Å². The molecule has 0 bridgehead atoms. The van der Waals surface area contributed by atoms with Gasteiger partial charge in [-0.3, -0.25) is 0 Å². The van der Waals surface area contributed by atoms with Crippen LogP contribution in [0.3, 0.4) is 0 Å². The average molecular weight is 513 g/mol. The lowest BCUT2D eigenvalue weighted by molar-refractivity contribution is 0.475. The highest BCUT2D eigenvalue weighted by atomic mass is 14.5. The molecule has 0 aliphatic heterocycles. The fraction of sp³-hybridized carbons (Fsp3) is 0.333. The van der Waals surface area contributed by atoms with E-state index in [0.717, 1.165) is 0 Å². The van der Waals surface area contributed by atoms with E-state index < -0.39 is 5.41 Å². The minimum absolute atomic E-state index is 0.0396. The van der Waals surface area contributed by atoms with Gasteiger partial charge in [0.25, 0.3) is 0 Å². The third kappa shape index (κ3) is 3.71. The van der Waals surface area contributed by atoms with Crippen LogP contribution in [0.15, 0.2) is 124 Å². The summed E-state index contributed by atoms with van der Waals surface area (Å²) in [7, 11) is 0. The number of hydrogen-bond acceptors (Lipinski definition) is 0. The highest BCUT2D eigenvalue weighted by molar-refractivity contribution is 5.86. The van der Waals surface area contributed by atoms with Gasteiger partial charge in [0.2, 0.25) is 0 Å². The monoisotopic (exact) mass is 512 g/mol. The first-order valence-electron chi connectivity index (χ1n) is 14.4. The Kier molecular flexibility index (Phi) is 6.53. The van der Waals surface area contributed by atoms with Crippen molar-refractivity contribution in [3.63, 3.8) is 0 Å². The van der Waals surface area contributed by atoms with Crippen molar-refractivity contribution in [2.24, 2.45) is 10.8 Å². The summed E-state index contributed by atoms with van der Waals surface area (Å²) in [5.74, 6) is 0. The van der Waals surface area contributed by atoms with Gasteiger partial charge in [-0.1, -0.05) is 124 Å². The highest BCUT2D eigenvalue weighted by Crippen LogP contribution is 2.61. The Hall–Kier alpha value is -3.38. The predicted molar refractivity (Wildman–Crippen MR) is 169 cm³/mol. The third-order valence-corrected chi connectivity index (χ3v) is 10.5. The van der Waals surface area contributed by atoms with Gasteiger partial charge in [-0.25, -0.2) is 0 Å². The zero-order valence-corrected chi connectivity index (χ0v) is 25.6. The van der Waals surface area contributed by atoms with Crippen molar-refractivity contribution >= 4 is 5.57 Å². The summed E-state index contributed by atoms with van der Waals surface area (Å²) < 4.78 is 0. The predicted octanol–water partition coefficient (Wildman–Crippen LogP) is 10.9. The maximum Gasteiger partial charge on any atom is 0.0681 e. The van der Waals surface area contributed by atoms with E-state index >= 15 is 0 Å². The Morgan fingerprint density at radius 2 is 0.897 bits per heavy atom. The molecule has 0 atom stereocenters. The van der Waals surface area contributed by atoms with Crippen LogP contribution in [-0.4, -0.2) is 0 Å². The molecule has 0 heterocycles. The lowest BCUT2D eigenvalue weighted by atomic mass is 9.56. The van der Waals surface area contributed by atoms with Crippen molar-refractivity contribution in [3.8, 4) is 0 Å². The van der Waals surface area contributed by atoms with Crippen molar-refractivity contribution < 1.29 is 0 Å². The van der Waals surface area contributed by atoms with Gasteiger partial charge in [0.15, 0.2) is 0 Å². The quantitative estimate of drug-likeness (QED) is 0.298. The van der Waals surface area contributed by atoms with Crippen LogP contribution in [0, 0.1) is 10.8 Å². The van der Waals surface area contributed by atoms with Gasteiger partial charge in [-0.05, 0) is 97.2 Å². The molecule has 0 N–H and O–H groups in total. The zero-order valence-electron chi connectivity index (χ0n) is 25.6. The second kappa shape index (κ2) is 9.37. The molecule has 2 aliphatic carbocycles. The first-order chi connectivity index (χ1) is 18.4. The minimum atomic E-state index is -0.459. The lowest BCUT2D eigenvalue weighted by Crippen LogP contribution is -2.39. The van der Waals surface area contributed by atoms with Crippen molar-refractivity contribution in [2.45, 2.75) is 74.7 Å². The average Bonchev–Trinajstić information content (AvgIpc) is 3.19. The lowest BCUT2D eigenvalue weighted by Gasteiger charge is -2.46. The fourth-order valence-electron chi connectivity index (χ4n) is 7.78. The molecule has 0 nitrogen and oxygen atoms in total.